The smallest absolute Gasteiger partial charge is 0.469 e. The van der Waals surface area contributed by atoms with Crippen molar-refractivity contribution in [2.45, 2.75) is 25.8 Å². The van der Waals surface area contributed by atoms with Crippen LogP contribution < -0.4 is 10.8 Å². The first-order valence-corrected chi connectivity index (χ1v) is 9.00. The SMILES string of the molecule is Cc1occc1C(=O)NC1CCN(C(=O)c2ccc(B(O)O)c(C=O)c2)CC1. The largest absolute Gasteiger partial charge is 0.489 e. The molecule has 1 saturated heterocycles. The summed E-state index contributed by atoms with van der Waals surface area (Å²) < 4.78 is 5.14. The summed E-state index contributed by atoms with van der Waals surface area (Å²) >= 11 is 0. The number of likely N-dealkylation sites (tertiary alicyclic amines) is 1. The monoisotopic (exact) mass is 384 g/mol. The van der Waals surface area contributed by atoms with E-state index in [1.54, 1.807) is 17.9 Å². The number of nitrogens with one attached hydrogen (secondary N) is 1. The second-order valence-electron chi connectivity index (χ2n) is 6.77. The lowest BCUT2D eigenvalue weighted by molar-refractivity contribution is 0.0698. The highest BCUT2D eigenvalue weighted by molar-refractivity contribution is 6.60. The van der Waals surface area contributed by atoms with Crippen LogP contribution in [0.15, 0.2) is 34.9 Å². The normalized spacial score (nSPS) is 14.6. The van der Waals surface area contributed by atoms with Crippen molar-refractivity contribution in [3.8, 4) is 0 Å². The fraction of sp³-hybridized carbons (Fsp3) is 0.316. The number of furan rings is 1. The molecule has 1 aromatic heterocycles. The molecule has 1 aliphatic heterocycles. The summed E-state index contributed by atoms with van der Waals surface area (Å²) in [6, 6.07) is 5.78. The Balaban J connectivity index is 1.60. The molecule has 3 N–H and O–H groups in total. The summed E-state index contributed by atoms with van der Waals surface area (Å²) in [5.41, 5.74) is 0.940. The number of hydrogen-bond donors (Lipinski definition) is 3. The van der Waals surface area contributed by atoms with Crippen LogP contribution in [0.3, 0.4) is 0 Å². The van der Waals surface area contributed by atoms with E-state index in [9.17, 15) is 24.4 Å². The van der Waals surface area contributed by atoms with E-state index in [1.807, 2.05) is 0 Å². The van der Waals surface area contributed by atoms with Gasteiger partial charge >= 0.3 is 7.12 Å². The van der Waals surface area contributed by atoms with Crippen LogP contribution in [0.1, 0.15) is 49.7 Å². The first kappa shape index (κ1) is 19.8. The van der Waals surface area contributed by atoms with Gasteiger partial charge in [-0.15, -0.1) is 0 Å². The van der Waals surface area contributed by atoms with E-state index < -0.39 is 7.12 Å². The van der Waals surface area contributed by atoms with Crippen LogP contribution >= 0.6 is 0 Å². The van der Waals surface area contributed by atoms with Crippen LogP contribution in [-0.4, -0.2) is 59.3 Å². The lowest BCUT2D eigenvalue weighted by atomic mass is 9.76. The molecular weight excluding hydrogens is 363 g/mol. The number of aldehydes is 1. The lowest BCUT2D eigenvalue weighted by Crippen LogP contribution is -2.46. The Bertz CT molecular complexity index is 886. The molecular formula is C19H21BN2O6. The average molecular weight is 384 g/mol. The highest BCUT2D eigenvalue weighted by atomic mass is 16.4. The topological polar surface area (TPSA) is 120 Å². The standard InChI is InChI=1S/C19H21BN2O6/c1-12-16(6-9-28-12)18(24)21-15-4-7-22(8-5-15)19(25)13-2-3-17(20(26)27)14(10-13)11-23/h2-3,6,9-11,15,26-27H,4-5,7-8H2,1H3,(H,21,24). The summed E-state index contributed by atoms with van der Waals surface area (Å²) in [5, 5.41) is 21.5. The predicted octanol–water partition coefficient (Wildman–Crippen LogP) is 0.115. The Morgan fingerprint density at radius 3 is 2.54 bits per heavy atom. The van der Waals surface area contributed by atoms with Gasteiger partial charge < -0.3 is 24.7 Å². The first-order chi connectivity index (χ1) is 13.4. The zero-order valence-corrected chi connectivity index (χ0v) is 15.4. The zero-order valence-electron chi connectivity index (χ0n) is 15.4. The van der Waals surface area contributed by atoms with Gasteiger partial charge in [-0.05, 0) is 43.4 Å². The van der Waals surface area contributed by atoms with Crippen molar-refractivity contribution in [2.24, 2.45) is 0 Å². The molecule has 2 heterocycles. The molecule has 0 atom stereocenters. The number of nitrogens with zero attached hydrogens (tertiary/aromatic N) is 1. The van der Waals surface area contributed by atoms with Crippen molar-refractivity contribution in [1.82, 2.24) is 10.2 Å². The molecule has 0 bridgehead atoms. The molecule has 1 fully saturated rings. The van der Waals surface area contributed by atoms with Crippen LogP contribution in [0.2, 0.25) is 0 Å². The maximum absolute atomic E-state index is 12.7. The third-order valence-electron chi connectivity index (χ3n) is 4.96. The summed E-state index contributed by atoms with van der Waals surface area (Å²) in [6.45, 7) is 2.66. The third kappa shape index (κ3) is 4.15. The van der Waals surface area contributed by atoms with E-state index in [0.29, 0.717) is 49.1 Å². The number of carbonyl (C=O) groups excluding carboxylic acids is 3. The Morgan fingerprint density at radius 2 is 1.96 bits per heavy atom. The van der Waals surface area contributed by atoms with Gasteiger partial charge in [0.1, 0.15) is 12.0 Å². The summed E-state index contributed by atoms with van der Waals surface area (Å²) in [5.74, 6) is 0.134. The van der Waals surface area contributed by atoms with Crippen molar-refractivity contribution >= 4 is 30.7 Å². The van der Waals surface area contributed by atoms with E-state index in [2.05, 4.69) is 5.32 Å². The fourth-order valence-electron chi connectivity index (χ4n) is 3.34. The van der Waals surface area contributed by atoms with E-state index in [1.165, 1.54) is 24.5 Å². The number of aryl methyl sites for hydroxylation is 1. The molecule has 0 spiro atoms. The van der Waals surface area contributed by atoms with E-state index in [0.717, 1.165) is 0 Å². The second kappa shape index (κ2) is 8.41. The van der Waals surface area contributed by atoms with Gasteiger partial charge in [-0.2, -0.15) is 0 Å². The second-order valence-corrected chi connectivity index (χ2v) is 6.77. The number of rotatable bonds is 5. The van der Waals surface area contributed by atoms with Crippen molar-refractivity contribution in [3.63, 3.8) is 0 Å². The average Bonchev–Trinajstić information content (AvgIpc) is 3.13. The van der Waals surface area contributed by atoms with Crippen molar-refractivity contribution in [2.75, 3.05) is 13.1 Å². The molecule has 3 rings (SSSR count). The van der Waals surface area contributed by atoms with Gasteiger partial charge in [0.05, 0.1) is 11.8 Å². The van der Waals surface area contributed by atoms with Gasteiger partial charge in [0.15, 0.2) is 0 Å². The molecule has 0 aliphatic carbocycles. The van der Waals surface area contributed by atoms with Gasteiger partial charge in [0.2, 0.25) is 0 Å². The van der Waals surface area contributed by atoms with Crippen LogP contribution in [0.25, 0.3) is 0 Å². The molecule has 1 aliphatic rings. The Morgan fingerprint density at radius 1 is 1.25 bits per heavy atom. The van der Waals surface area contributed by atoms with Crippen LogP contribution in [-0.2, 0) is 0 Å². The Kier molecular flexibility index (Phi) is 5.96. The van der Waals surface area contributed by atoms with Gasteiger partial charge in [0, 0.05) is 30.3 Å². The van der Waals surface area contributed by atoms with Crippen LogP contribution in [0, 0.1) is 6.92 Å². The summed E-state index contributed by atoms with van der Waals surface area (Å²) in [4.78, 5) is 37.8. The third-order valence-corrected chi connectivity index (χ3v) is 4.96. The molecule has 28 heavy (non-hydrogen) atoms. The fourth-order valence-corrected chi connectivity index (χ4v) is 3.34. The number of carbonyl (C=O) groups is 3. The zero-order chi connectivity index (χ0) is 20.3. The molecule has 146 valence electrons. The molecule has 1 aromatic carbocycles. The maximum atomic E-state index is 12.7. The number of piperidine rings is 1. The Hall–Kier alpha value is -2.91. The lowest BCUT2D eigenvalue weighted by Gasteiger charge is -2.32. The predicted molar refractivity (Wildman–Crippen MR) is 101 cm³/mol. The molecule has 9 heteroatoms. The van der Waals surface area contributed by atoms with Crippen molar-refractivity contribution < 1.29 is 28.8 Å². The van der Waals surface area contributed by atoms with Gasteiger partial charge in [-0.3, -0.25) is 14.4 Å². The summed E-state index contributed by atoms with van der Waals surface area (Å²) in [6.07, 6.45) is 3.19. The number of amides is 2. The minimum absolute atomic E-state index is 0.0386. The molecule has 8 nitrogen and oxygen atoms in total. The molecule has 0 unspecified atom stereocenters. The minimum Gasteiger partial charge on any atom is -0.469 e. The maximum Gasteiger partial charge on any atom is 0.489 e. The number of benzene rings is 1. The van der Waals surface area contributed by atoms with E-state index >= 15 is 0 Å². The molecule has 0 saturated carbocycles. The van der Waals surface area contributed by atoms with Crippen molar-refractivity contribution in [1.29, 1.82) is 0 Å². The van der Waals surface area contributed by atoms with Gasteiger partial charge in [-0.1, -0.05) is 6.07 Å². The molecule has 2 amide bonds. The first-order valence-electron chi connectivity index (χ1n) is 9.00. The van der Waals surface area contributed by atoms with Crippen LogP contribution in [0.5, 0.6) is 0 Å². The quantitative estimate of drug-likeness (QED) is 0.498. The van der Waals surface area contributed by atoms with Gasteiger partial charge in [-0.25, -0.2) is 0 Å². The van der Waals surface area contributed by atoms with Crippen molar-refractivity contribution in [3.05, 3.63) is 53.0 Å². The van der Waals surface area contributed by atoms with E-state index in [4.69, 9.17) is 4.42 Å². The molecule has 0 radical (unpaired) electrons. The Labute approximate surface area is 162 Å². The minimum atomic E-state index is -1.78. The molecule has 2 aromatic rings. The summed E-state index contributed by atoms with van der Waals surface area (Å²) in [7, 11) is -1.78. The van der Waals surface area contributed by atoms with E-state index in [-0.39, 0.29) is 28.9 Å². The van der Waals surface area contributed by atoms with Gasteiger partial charge in [0.25, 0.3) is 11.8 Å². The highest BCUT2D eigenvalue weighted by Gasteiger charge is 2.26. The highest BCUT2D eigenvalue weighted by Crippen LogP contribution is 2.16. The van der Waals surface area contributed by atoms with Crippen LogP contribution in [0.4, 0.5) is 0 Å². The number of hydrogen-bond acceptors (Lipinski definition) is 6.